The second kappa shape index (κ2) is 3.73. The van der Waals surface area contributed by atoms with Gasteiger partial charge in [-0.1, -0.05) is 29.8 Å². The maximum absolute atomic E-state index is 6.12. The summed E-state index contributed by atoms with van der Waals surface area (Å²) in [4.78, 5) is 0. The van der Waals surface area contributed by atoms with Gasteiger partial charge in [-0.05, 0) is 12.1 Å². The number of benzene rings is 1. The Bertz CT molecular complexity index is 352. The first-order valence-electron chi connectivity index (χ1n) is 6.12. The van der Waals surface area contributed by atoms with E-state index in [0.29, 0.717) is 0 Å². The van der Waals surface area contributed by atoms with Crippen molar-refractivity contribution in [1.29, 1.82) is 0 Å². The number of piperazine rings is 3. The molecular weight excluding hydrogens is 220 g/mol. The Morgan fingerprint density at radius 3 is 1.94 bits per heavy atom. The van der Waals surface area contributed by atoms with Crippen molar-refractivity contribution >= 4 is 17.3 Å². The number of rotatable bonds is 2. The highest BCUT2D eigenvalue weighted by atomic mass is 35.5. The quantitative estimate of drug-likeness (QED) is 0.420. The predicted octanol–water partition coefficient (Wildman–Crippen LogP) is 2.03. The topological polar surface area (TPSA) is 0 Å². The smallest absolute Gasteiger partial charge is 0.155 e. The second-order valence-electron chi connectivity index (χ2n) is 5.28. The van der Waals surface area contributed by atoms with E-state index in [1.165, 1.54) is 49.4 Å². The van der Waals surface area contributed by atoms with Crippen LogP contribution in [0.2, 0.25) is 0 Å². The fraction of sp³-hybridized carbons (Fsp3) is 0.538. The number of hydrogen-bond donors (Lipinski definition) is 0. The van der Waals surface area contributed by atoms with E-state index < -0.39 is 0 Å². The Hall–Kier alpha value is -0.570. The van der Waals surface area contributed by atoms with Crippen LogP contribution >= 0.6 is 11.6 Å². The molecule has 0 atom stereocenters. The molecule has 16 heavy (non-hydrogen) atoms. The van der Waals surface area contributed by atoms with E-state index >= 15 is 0 Å². The van der Waals surface area contributed by atoms with E-state index in [1.54, 1.807) is 0 Å². The fourth-order valence-corrected chi connectivity index (χ4v) is 3.55. The van der Waals surface area contributed by atoms with Crippen molar-refractivity contribution in [3.05, 3.63) is 30.3 Å². The molecule has 0 N–H and O–H groups in total. The summed E-state index contributed by atoms with van der Waals surface area (Å²) in [6.07, 6.45) is 0. The van der Waals surface area contributed by atoms with Gasteiger partial charge in [0.25, 0.3) is 0 Å². The van der Waals surface area contributed by atoms with Crippen molar-refractivity contribution in [3.63, 3.8) is 0 Å². The Labute approximate surface area is 102 Å². The minimum Gasteiger partial charge on any atom is -0.297 e. The normalized spacial score (nSPS) is 37.6. The summed E-state index contributed by atoms with van der Waals surface area (Å²) >= 11 is 6.12. The van der Waals surface area contributed by atoms with Crippen LogP contribution in [0.3, 0.4) is 0 Å². The summed E-state index contributed by atoms with van der Waals surface area (Å²) < 4.78 is 2.34. The Kier molecular flexibility index (Phi) is 2.46. The molecule has 3 fully saturated rings. The average Bonchev–Trinajstić information content (AvgIpc) is 2.42. The van der Waals surface area contributed by atoms with Crippen molar-refractivity contribution in [2.24, 2.45) is 0 Å². The minimum absolute atomic E-state index is 0.800. The van der Waals surface area contributed by atoms with Crippen molar-refractivity contribution in [3.8, 4) is 0 Å². The van der Waals surface area contributed by atoms with Crippen LogP contribution in [0.5, 0.6) is 0 Å². The van der Waals surface area contributed by atoms with Gasteiger partial charge in [-0.2, -0.15) is 0 Å². The van der Waals surface area contributed by atoms with Crippen LogP contribution < -0.4 is 4.48 Å². The summed E-state index contributed by atoms with van der Waals surface area (Å²) in [5.41, 5.74) is 1.49. The van der Waals surface area contributed by atoms with Crippen LogP contribution in [-0.2, 0) is 0 Å². The largest absolute Gasteiger partial charge is 0.297 e. The van der Waals surface area contributed by atoms with E-state index in [-0.39, 0.29) is 0 Å². The molecule has 0 aromatic heterocycles. The summed E-state index contributed by atoms with van der Waals surface area (Å²) in [7, 11) is 0. The van der Waals surface area contributed by atoms with Crippen molar-refractivity contribution in [1.82, 2.24) is 4.48 Å². The molecule has 86 valence electrons. The number of nitrogens with zero attached hydrogens (tertiary/aromatic N) is 2. The molecule has 4 rings (SSSR count). The van der Waals surface area contributed by atoms with E-state index in [1.807, 2.05) is 0 Å². The van der Waals surface area contributed by atoms with Crippen LogP contribution in [0.15, 0.2) is 30.3 Å². The van der Waals surface area contributed by atoms with Gasteiger partial charge in [0.05, 0.1) is 0 Å². The van der Waals surface area contributed by atoms with Gasteiger partial charge in [-0.25, -0.2) is 0 Å². The Morgan fingerprint density at radius 1 is 0.875 bits per heavy atom. The lowest BCUT2D eigenvalue weighted by molar-refractivity contribution is -0.930. The van der Waals surface area contributed by atoms with E-state index in [0.717, 1.165) is 10.5 Å². The molecule has 3 aliphatic heterocycles. The highest BCUT2D eigenvalue weighted by molar-refractivity contribution is 6.17. The fourth-order valence-electron chi connectivity index (χ4n) is 3.19. The SMILES string of the molecule is ClC[N+]12CC[N+](c3ccccc3)(CC1)CC2. The van der Waals surface area contributed by atoms with Crippen LogP contribution in [0, 0.1) is 0 Å². The van der Waals surface area contributed by atoms with Gasteiger partial charge >= 0.3 is 0 Å². The molecular formula is C13H19ClN2+2. The first-order valence-corrected chi connectivity index (χ1v) is 6.65. The second-order valence-corrected chi connectivity index (χ2v) is 5.52. The van der Waals surface area contributed by atoms with Gasteiger partial charge in [-0.3, -0.25) is 8.97 Å². The Morgan fingerprint density at radius 2 is 1.44 bits per heavy atom. The summed E-state index contributed by atoms with van der Waals surface area (Å²) in [5.74, 6) is 0. The summed E-state index contributed by atoms with van der Waals surface area (Å²) in [6, 6.07) is 11.8. The number of alkyl halides is 1. The molecule has 3 aliphatic rings. The molecule has 2 bridgehead atoms. The summed E-state index contributed by atoms with van der Waals surface area (Å²) in [6.45, 7) is 7.53. The first kappa shape index (κ1) is 10.6. The van der Waals surface area contributed by atoms with E-state index in [2.05, 4.69) is 30.3 Å². The molecule has 0 spiro atoms. The minimum atomic E-state index is 0.800. The Balaban J connectivity index is 1.89. The highest BCUT2D eigenvalue weighted by Gasteiger charge is 2.49. The molecule has 2 nitrogen and oxygen atoms in total. The maximum atomic E-state index is 6.12. The zero-order valence-corrected chi connectivity index (χ0v) is 10.4. The molecule has 0 saturated carbocycles. The number of fused-ring (bicyclic) bond motifs is 3. The number of hydrogen-bond acceptors (Lipinski definition) is 0. The molecule has 0 amide bonds. The maximum Gasteiger partial charge on any atom is 0.155 e. The van der Waals surface area contributed by atoms with Gasteiger partial charge in [0.1, 0.15) is 45.0 Å². The number of halogens is 1. The molecule has 3 saturated heterocycles. The molecule has 1 aromatic rings. The molecule has 3 heterocycles. The average molecular weight is 239 g/mol. The monoisotopic (exact) mass is 238 g/mol. The van der Waals surface area contributed by atoms with Crippen LogP contribution in [0.4, 0.5) is 5.69 Å². The van der Waals surface area contributed by atoms with Crippen LogP contribution in [0.1, 0.15) is 0 Å². The molecule has 0 aliphatic carbocycles. The van der Waals surface area contributed by atoms with E-state index in [9.17, 15) is 0 Å². The van der Waals surface area contributed by atoms with Gasteiger partial charge in [0.15, 0.2) is 6.00 Å². The lowest BCUT2D eigenvalue weighted by Crippen LogP contribution is -2.75. The van der Waals surface area contributed by atoms with Gasteiger partial charge in [0, 0.05) is 0 Å². The highest BCUT2D eigenvalue weighted by Crippen LogP contribution is 2.32. The van der Waals surface area contributed by atoms with Gasteiger partial charge < -0.3 is 0 Å². The molecule has 0 radical (unpaired) electrons. The number of quaternary nitrogens is 2. The molecule has 0 unspecified atom stereocenters. The van der Waals surface area contributed by atoms with Gasteiger partial charge in [-0.15, -0.1) is 0 Å². The third-order valence-corrected chi connectivity index (χ3v) is 5.07. The zero-order valence-electron chi connectivity index (χ0n) is 9.61. The first-order chi connectivity index (χ1) is 7.79. The third kappa shape index (κ3) is 1.48. The van der Waals surface area contributed by atoms with Gasteiger partial charge in [0.2, 0.25) is 0 Å². The molecule has 3 heteroatoms. The summed E-state index contributed by atoms with van der Waals surface area (Å²) in [5, 5.41) is 0. The molecule has 1 aromatic carbocycles. The van der Waals surface area contributed by atoms with Crippen molar-refractivity contribution in [2.75, 3.05) is 45.3 Å². The number of para-hydroxylation sites is 1. The zero-order chi connectivity index (χ0) is 11.1. The van der Waals surface area contributed by atoms with E-state index in [4.69, 9.17) is 11.6 Å². The van der Waals surface area contributed by atoms with Crippen molar-refractivity contribution < 1.29 is 4.48 Å². The lowest BCUT2D eigenvalue weighted by atomic mass is 10.1. The standard InChI is InChI=1S/C13H19ClN2/c14-12-15-6-9-16(10-7-15,11-8-15)13-4-2-1-3-5-13/h1-5H,6-12H2/q+2. The lowest BCUT2D eigenvalue weighted by Gasteiger charge is -2.54. The van der Waals surface area contributed by atoms with Crippen LogP contribution in [0.25, 0.3) is 0 Å². The van der Waals surface area contributed by atoms with Crippen molar-refractivity contribution in [2.45, 2.75) is 0 Å². The third-order valence-electron chi connectivity index (χ3n) is 4.56. The predicted molar refractivity (Wildman–Crippen MR) is 68.4 cm³/mol. The van der Waals surface area contributed by atoms with Crippen LogP contribution in [-0.4, -0.2) is 49.8 Å².